The van der Waals surface area contributed by atoms with Crippen molar-refractivity contribution in [3.63, 3.8) is 0 Å². The molecular formula is C43H45F3N2O4. The zero-order chi connectivity index (χ0) is 36.4. The van der Waals surface area contributed by atoms with E-state index >= 15 is 0 Å². The van der Waals surface area contributed by atoms with Crippen LogP contribution in [0.4, 0.5) is 13.2 Å². The van der Waals surface area contributed by atoms with Crippen LogP contribution in [0.3, 0.4) is 0 Å². The van der Waals surface area contributed by atoms with Gasteiger partial charge in [0.05, 0.1) is 11.8 Å². The first kappa shape index (κ1) is 35.9. The predicted octanol–water partition coefficient (Wildman–Crippen LogP) is 9.29. The summed E-state index contributed by atoms with van der Waals surface area (Å²) >= 11 is 0. The number of alkyl halides is 3. The molecule has 272 valence electrons. The van der Waals surface area contributed by atoms with Gasteiger partial charge in [-0.3, -0.25) is 19.3 Å². The van der Waals surface area contributed by atoms with E-state index in [0.717, 1.165) is 56.1 Å². The summed E-state index contributed by atoms with van der Waals surface area (Å²) in [7, 11) is 0. The number of carbonyl (C=O) groups is 3. The summed E-state index contributed by atoms with van der Waals surface area (Å²) in [5, 5.41) is 5.05. The van der Waals surface area contributed by atoms with Gasteiger partial charge < -0.3 is 10.1 Å². The molecule has 1 heterocycles. The number of unbranched alkanes of at least 4 members (excludes halogenated alkanes) is 7. The third-order valence-corrected chi connectivity index (χ3v) is 11.4. The highest BCUT2D eigenvalue weighted by atomic mass is 19.4. The van der Waals surface area contributed by atoms with Gasteiger partial charge in [0, 0.05) is 24.1 Å². The van der Waals surface area contributed by atoms with Crippen molar-refractivity contribution in [3.05, 3.63) is 108 Å². The maximum atomic E-state index is 14.8. The summed E-state index contributed by atoms with van der Waals surface area (Å²) in [6.45, 7) is 3.32. The van der Waals surface area contributed by atoms with Crippen LogP contribution in [-0.4, -0.2) is 48.0 Å². The van der Waals surface area contributed by atoms with Gasteiger partial charge in [0.25, 0.3) is 0 Å². The molecule has 4 aliphatic rings. The van der Waals surface area contributed by atoms with Crippen LogP contribution in [-0.2, 0) is 19.1 Å². The van der Waals surface area contributed by atoms with Gasteiger partial charge in [-0.25, -0.2) is 0 Å². The van der Waals surface area contributed by atoms with E-state index in [2.05, 4.69) is 11.9 Å². The van der Waals surface area contributed by atoms with Gasteiger partial charge in [0.1, 0.15) is 6.61 Å². The lowest BCUT2D eigenvalue weighted by molar-refractivity contribution is -0.222. The summed E-state index contributed by atoms with van der Waals surface area (Å²) in [4.78, 5) is 42.8. The Kier molecular flexibility index (Phi) is 10.5. The Labute approximate surface area is 302 Å². The van der Waals surface area contributed by atoms with Gasteiger partial charge in [-0.2, -0.15) is 13.2 Å². The lowest BCUT2D eigenvalue weighted by Crippen LogP contribution is -2.54. The van der Waals surface area contributed by atoms with E-state index in [1.807, 2.05) is 36.4 Å². The van der Waals surface area contributed by atoms with Crippen molar-refractivity contribution in [1.29, 1.82) is 0 Å². The second kappa shape index (κ2) is 15.2. The van der Waals surface area contributed by atoms with Crippen molar-refractivity contribution in [2.75, 3.05) is 13.2 Å². The number of carbonyl (C=O) groups excluding carboxylic acids is 3. The van der Waals surface area contributed by atoms with E-state index in [0.29, 0.717) is 34.5 Å². The van der Waals surface area contributed by atoms with Crippen molar-refractivity contribution in [2.24, 2.45) is 11.8 Å². The molecule has 6 nitrogen and oxygen atoms in total. The van der Waals surface area contributed by atoms with Gasteiger partial charge in [0.2, 0.25) is 17.7 Å². The fourth-order valence-electron chi connectivity index (χ4n) is 9.17. The maximum absolute atomic E-state index is 14.8. The Bertz CT molecular complexity index is 1920. The Morgan fingerprint density at radius 1 is 0.808 bits per heavy atom. The molecule has 1 saturated heterocycles. The summed E-state index contributed by atoms with van der Waals surface area (Å²) in [5.41, 5.74) is 1.90. The molecule has 8 rings (SSSR count). The molecule has 4 aromatic rings. The second-order valence-electron chi connectivity index (χ2n) is 14.6. The van der Waals surface area contributed by atoms with Gasteiger partial charge in [-0.15, -0.1) is 6.58 Å². The highest BCUT2D eigenvalue weighted by Gasteiger charge is 2.62. The maximum Gasteiger partial charge on any atom is 0.418 e. The number of fused-ring (bicyclic) bond motifs is 3. The van der Waals surface area contributed by atoms with E-state index in [1.54, 1.807) is 48.5 Å². The average Bonchev–Trinajstić information content (AvgIpc) is 3.39. The Balaban J connectivity index is 1.06. The number of amides is 3. The Morgan fingerprint density at radius 3 is 2.04 bits per heavy atom. The zero-order valence-corrected chi connectivity index (χ0v) is 29.2. The number of halogens is 3. The SMILES string of the molecule is C=CCCCCCCCCCN1C(=O)[C@@H]2[C@H](C1=O)[C@@H]1c3ccccc3[C@H]2C[C@H]1NC(=O)CO[C@@H](c1c2ccccc2cc2ccccc12)C(F)(F)F. The molecule has 52 heavy (non-hydrogen) atoms. The lowest BCUT2D eigenvalue weighted by atomic mass is 9.55. The van der Waals surface area contributed by atoms with Crippen molar-refractivity contribution in [1.82, 2.24) is 10.2 Å². The summed E-state index contributed by atoms with van der Waals surface area (Å²) < 4.78 is 49.9. The van der Waals surface area contributed by atoms with Crippen molar-refractivity contribution in [2.45, 2.75) is 87.9 Å². The second-order valence-corrected chi connectivity index (χ2v) is 14.6. The third-order valence-electron chi connectivity index (χ3n) is 11.4. The molecule has 3 aliphatic carbocycles. The van der Waals surface area contributed by atoms with Crippen LogP contribution in [0.15, 0.2) is 91.5 Å². The topological polar surface area (TPSA) is 75.7 Å². The fraction of sp³-hybridized carbons (Fsp3) is 0.419. The minimum absolute atomic E-state index is 0.0267. The molecule has 2 bridgehead atoms. The van der Waals surface area contributed by atoms with Crippen LogP contribution in [0.25, 0.3) is 21.5 Å². The van der Waals surface area contributed by atoms with E-state index in [1.165, 1.54) is 11.3 Å². The first-order chi connectivity index (χ1) is 25.2. The zero-order valence-electron chi connectivity index (χ0n) is 29.2. The first-order valence-corrected chi connectivity index (χ1v) is 18.6. The highest BCUT2D eigenvalue weighted by molar-refractivity contribution is 6.07. The van der Waals surface area contributed by atoms with Gasteiger partial charge in [-0.05, 0) is 70.3 Å². The normalized spacial score (nSPS) is 22.8. The van der Waals surface area contributed by atoms with Gasteiger partial charge >= 0.3 is 6.18 Å². The van der Waals surface area contributed by atoms with Crippen LogP contribution >= 0.6 is 0 Å². The molecule has 0 radical (unpaired) electrons. The molecular weight excluding hydrogens is 665 g/mol. The van der Waals surface area contributed by atoms with E-state index in [4.69, 9.17) is 4.74 Å². The monoisotopic (exact) mass is 710 g/mol. The van der Waals surface area contributed by atoms with E-state index in [9.17, 15) is 27.6 Å². The number of allylic oxidation sites excluding steroid dienone is 1. The first-order valence-electron chi connectivity index (χ1n) is 18.6. The fourth-order valence-corrected chi connectivity index (χ4v) is 9.17. The van der Waals surface area contributed by atoms with Crippen molar-refractivity contribution in [3.8, 4) is 0 Å². The van der Waals surface area contributed by atoms with Crippen LogP contribution in [0.2, 0.25) is 0 Å². The minimum Gasteiger partial charge on any atom is -0.354 e. The van der Waals surface area contributed by atoms with Crippen LogP contribution in [0.1, 0.15) is 92.4 Å². The number of imide groups is 1. The quantitative estimate of drug-likeness (QED) is 0.0578. The van der Waals surface area contributed by atoms with Gasteiger partial charge in [0.15, 0.2) is 6.10 Å². The van der Waals surface area contributed by atoms with Crippen LogP contribution in [0.5, 0.6) is 0 Å². The highest BCUT2D eigenvalue weighted by Crippen LogP contribution is 2.58. The summed E-state index contributed by atoms with van der Waals surface area (Å²) in [6, 6.07) is 22.8. The largest absolute Gasteiger partial charge is 0.418 e. The molecule has 0 unspecified atom stereocenters. The molecule has 1 saturated carbocycles. The van der Waals surface area contributed by atoms with Crippen molar-refractivity contribution >= 4 is 39.3 Å². The summed E-state index contributed by atoms with van der Waals surface area (Å²) in [6.07, 6.45) is 3.61. The lowest BCUT2D eigenvalue weighted by Gasteiger charge is -2.49. The number of rotatable bonds is 15. The molecule has 4 aromatic carbocycles. The molecule has 2 fully saturated rings. The Morgan fingerprint density at radius 2 is 1.38 bits per heavy atom. The number of hydrogen-bond acceptors (Lipinski definition) is 4. The Hall–Kier alpha value is -4.50. The predicted molar refractivity (Wildman–Crippen MR) is 196 cm³/mol. The number of hydrogen-bond donors (Lipinski definition) is 1. The molecule has 1 aliphatic heterocycles. The van der Waals surface area contributed by atoms with Crippen LogP contribution in [0, 0.1) is 11.8 Å². The third kappa shape index (κ3) is 6.87. The number of benzene rings is 4. The number of likely N-dealkylation sites (tertiary alicyclic amines) is 1. The number of ether oxygens (including phenoxy) is 1. The average molecular weight is 711 g/mol. The molecule has 0 aromatic heterocycles. The van der Waals surface area contributed by atoms with Crippen LogP contribution < -0.4 is 5.32 Å². The summed E-state index contributed by atoms with van der Waals surface area (Å²) in [5.74, 6) is -2.92. The standard InChI is InChI=1S/C43H45F3N2O4/c1-2-3-4-5-6-7-8-9-16-23-48-41(50)38-33-25-34(37(39(38)42(48)51)32-22-15-14-21-31(32)33)47-35(49)26-52-40(43(44,45)46)36-29-19-12-10-17-27(29)24-28-18-11-13-20-30(28)36/h2,10-15,17-22,24,33-34,37-40H,1,3-9,16,23,25-26H2,(H,47,49)/t33-,34-,37-,38+,39-,40+/m1/s1. The molecule has 6 atom stereocenters. The molecule has 1 N–H and O–H groups in total. The van der Waals surface area contributed by atoms with Crippen molar-refractivity contribution < 1.29 is 32.3 Å². The number of nitrogens with zero attached hydrogens (tertiary/aromatic N) is 1. The van der Waals surface area contributed by atoms with Gasteiger partial charge in [-0.1, -0.05) is 111 Å². The van der Waals surface area contributed by atoms with E-state index < -0.39 is 48.6 Å². The van der Waals surface area contributed by atoms with E-state index in [-0.39, 0.29) is 23.3 Å². The molecule has 3 amide bonds. The smallest absolute Gasteiger partial charge is 0.354 e. The molecule has 0 spiro atoms. The minimum atomic E-state index is -4.80. The number of nitrogens with one attached hydrogen (secondary N) is 1. The molecule has 9 heteroatoms.